The smallest absolute Gasteiger partial charge is 0.252 e. The van der Waals surface area contributed by atoms with E-state index < -0.39 is 10.0 Å². The van der Waals surface area contributed by atoms with Crippen LogP contribution in [0.1, 0.15) is 16.7 Å². The van der Waals surface area contributed by atoms with Crippen molar-refractivity contribution in [1.82, 2.24) is 9.29 Å². The van der Waals surface area contributed by atoms with E-state index in [0.29, 0.717) is 42.2 Å². The summed E-state index contributed by atoms with van der Waals surface area (Å²) in [5.41, 5.74) is 2.75. The lowest BCUT2D eigenvalue weighted by atomic mass is 10.1. The van der Waals surface area contributed by atoms with Gasteiger partial charge in [0.2, 0.25) is 10.0 Å². The lowest BCUT2D eigenvalue weighted by Crippen LogP contribution is -2.34. The van der Waals surface area contributed by atoms with Gasteiger partial charge in [0.15, 0.2) is 11.5 Å². The van der Waals surface area contributed by atoms with Crippen molar-refractivity contribution in [2.75, 3.05) is 19.8 Å². The summed E-state index contributed by atoms with van der Waals surface area (Å²) in [6.07, 6.45) is 0.515. The van der Waals surface area contributed by atoms with E-state index in [-0.39, 0.29) is 23.5 Å². The molecule has 1 aliphatic rings. The van der Waals surface area contributed by atoms with Crippen molar-refractivity contribution in [1.29, 1.82) is 0 Å². The number of rotatable bonds is 7. The van der Waals surface area contributed by atoms with Crippen LogP contribution in [0.25, 0.3) is 10.9 Å². The Morgan fingerprint density at radius 1 is 0.972 bits per heavy atom. The Kier molecular flexibility index (Phi) is 6.87. The number of nitrogens with zero attached hydrogens (tertiary/aromatic N) is 1. The molecule has 0 saturated heterocycles. The van der Waals surface area contributed by atoms with Crippen molar-refractivity contribution in [3.63, 3.8) is 0 Å². The van der Waals surface area contributed by atoms with Gasteiger partial charge in [0.05, 0.1) is 10.4 Å². The number of aryl methyl sites for hydroxylation is 1. The fraction of sp³-hybridized carbons (Fsp3) is 0.222. The number of benzene rings is 3. The standard InChI is InChI=1S/C27H25BrN2O5S/c1-18-3-2-4-19(13-18)9-10-30(36(32,33)23-7-5-22(28)6-8-23)17-21-14-20-15-25-26(35-12-11-34-25)16-24(20)29-27(21)31/h2-8,13-16H,9-12,17H2,1H3,(H,29,31). The minimum absolute atomic E-state index is 0.0655. The lowest BCUT2D eigenvalue weighted by molar-refractivity contribution is 0.172. The maximum atomic E-state index is 13.7. The zero-order valence-corrected chi connectivity index (χ0v) is 22.1. The van der Waals surface area contributed by atoms with Crippen LogP contribution < -0.4 is 15.0 Å². The van der Waals surface area contributed by atoms with Crippen molar-refractivity contribution >= 4 is 36.9 Å². The van der Waals surface area contributed by atoms with E-state index in [1.165, 1.54) is 4.31 Å². The molecule has 0 atom stereocenters. The van der Waals surface area contributed by atoms with Gasteiger partial charge in [0.25, 0.3) is 5.56 Å². The van der Waals surface area contributed by atoms with Gasteiger partial charge in [0, 0.05) is 34.6 Å². The van der Waals surface area contributed by atoms with E-state index in [1.807, 2.05) is 37.3 Å². The topological polar surface area (TPSA) is 88.7 Å². The largest absolute Gasteiger partial charge is 0.486 e. The summed E-state index contributed by atoms with van der Waals surface area (Å²) in [4.78, 5) is 16.1. The highest BCUT2D eigenvalue weighted by molar-refractivity contribution is 9.10. The van der Waals surface area contributed by atoms with Crippen LogP contribution in [0.4, 0.5) is 0 Å². The van der Waals surface area contributed by atoms with Gasteiger partial charge in [-0.15, -0.1) is 0 Å². The second-order valence-electron chi connectivity index (χ2n) is 8.74. The van der Waals surface area contributed by atoms with E-state index in [1.54, 1.807) is 36.4 Å². The number of pyridine rings is 1. The first-order chi connectivity index (χ1) is 17.3. The SMILES string of the molecule is Cc1cccc(CCN(Cc2cc3cc4c(cc3[nH]c2=O)OCCO4)S(=O)(=O)c2ccc(Br)cc2)c1. The van der Waals surface area contributed by atoms with Gasteiger partial charge in [-0.05, 0) is 55.3 Å². The number of aromatic nitrogens is 1. The molecular formula is C27H25BrN2O5S. The average Bonchev–Trinajstić information content (AvgIpc) is 2.86. The van der Waals surface area contributed by atoms with Gasteiger partial charge in [-0.1, -0.05) is 45.8 Å². The molecule has 0 spiro atoms. The highest BCUT2D eigenvalue weighted by Gasteiger charge is 2.26. The Hall–Kier alpha value is -3.14. The van der Waals surface area contributed by atoms with Crippen molar-refractivity contribution in [2.24, 2.45) is 0 Å². The van der Waals surface area contributed by atoms with Crippen molar-refractivity contribution in [3.8, 4) is 11.5 Å². The zero-order chi connectivity index (χ0) is 25.3. The summed E-state index contributed by atoms with van der Waals surface area (Å²) in [5.74, 6) is 1.18. The Labute approximate surface area is 217 Å². The Morgan fingerprint density at radius 3 is 2.42 bits per heavy atom. The number of halogens is 1. The number of hydrogen-bond acceptors (Lipinski definition) is 5. The van der Waals surface area contributed by atoms with E-state index in [2.05, 4.69) is 20.9 Å². The molecule has 3 aromatic carbocycles. The van der Waals surface area contributed by atoms with Crippen molar-refractivity contribution in [2.45, 2.75) is 24.8 Å². The van der Waals surface area contributed by atoms with E-state index >= 15 is 0 Å². The molecule has 0 radical (unpaired) electrons. The predicted molar refractivity (Wildman–Crippen MR) is 142 cm³/mol. The van der Waals surface area contributed by atoms with Gasteiger partial charge in [-0.3, -0.25) is 4.79 Å². The van der Waals surface area contributed by atoms with Gasteiger partial charge in [-0.2, -0.15) is 4.31 Å². The van der Waals surface area contributed by atoms with Crippen LogP contribution in [0.3, 0.4) is 0 Å². The first kappa shape index (κ1) is 24.5. The van der Waals surface area contributed by atoms with Crippen LogP contribution in [0.15, 0.2) is 80.9 Å². The molecule has 1 N–H and O–H groups in total. The molecule has 4 aromatic rings. The molecule has 0 bridgehead atoms. The summed E-state index contributed by atoms with van der Waals surface area (Å²) in [6.45, 7) is 3.06. The predicted octanol–water partition coefficient (Wildman–Crippen LogP) is 4.80. The second-order valence-corrected chi connectivity index (χ2v) is 11.6. The number of ether oxygens (including phenoxy) is 2. The monoisotopic (exact) mass is 568 g/mol. The molecular weight excluding hydrogens is 544 g/mol. The third-order valence-corrected chi connectivity index (χ3v) is 8.50. The summed E-state index contributed by atoms with van der Waals surface area (Å²) in [7, 11) is -3.87. The lowest BCUT2D eigenvalue weighted by Gasteiger charge is -2.23. The average molecular weight is 569 g/mol. The molecule has 36 heavy (non-hydrogen) atoms. The molecule has 0 aliphatic carbocycles. The number of sulfonamides is 1. The van der Waals surface area contributed by atoms with Crippen LogP contribution in [0.2, 0.25) is 0 Å². The molecule has 5 rings (SSSR count). The van der Waals surface area contributed by atoms with Crippen LogP contribution in [-0.2, 0) is 23.0 Å². The molecule has 0 amide bonds. The minimum atomic E-state index is -3.87. The summed E-state index contributed by atoms with van der Waals surface area (Å²) in [6, 6.07) is 19.8. The van der Waals surface area contributed by atoms with E-state index in [4.69, 9.17) is 9.47 Å². The van der Waals surface area contributed by atoms with Gasteiger partial charge < -0.3 is 14.5 Å². The van der Waals surface area contributed by atoms with Crippen molar-refractivity contribution < 1.29 is 17.9 Å². The highest BCUT2D eigenvalue weighted by atomic mass is 79.9. The fourth-order valence-corrected chi connectivity index (χ4v) is 5.94. The summed E-state index contributed by atoms with van der Waals surface area (Å²) < 4.78 is 40.8. The van der Waals surface area contributed by atoms with Crippen LogP contribution in [-0.4, -0.2) is 37.5 Å². The fourth-order valence-electron chi connectivity index (χ4n) is 4.26. The molecule has 9 heteroatoms. The van der Waals surface area contributed by atoms with Gasteiger partial charge >= 0.3 is 0 Å². The summed E-state index contributed by atoms with van der Waals surface area (Å²) >= 11 is 3.36. The third-order valence-electron chi connectivity index (χ3n) is 6.11. The summed E-state index contributed by atoms with van der Waals surface area (Å²) in [5, 5.41) is 0.744. The quantitative estimate of drug-likeness (QED) is 0.346. The van der Waals surface area contributed by atoms with Crippen molar-refractivity contribution in [3.05, 3.63) is 98.2 Å². The van der Waals surface area contributed by atoms with Gasteiger partial charge in [0.1, 0.15) is 13.2 Å². The molecule has 2 heterocycles. The van der Waals surface area contributed by atoms with E-state index in [9.17, 15) is 13.2 Å². The first-order valence-electron chi connectivity index (χ1n) is 11.6. The highest BCUT2D eigenvalue weighted by Crippen LogP contribution is 2.34. The van der Waals surface area contributed by atoms with Crippen LogP contribution >= 0.6 is 15.9 Å². The normalized spacial score (nSPS) is 13.3. The van der Waals surface area contributed by atoms with Gasteiger partial charge in [-0.25, -0.2) is 8.42 Å². The maximum absolute atomic E-state index is 13.7. The number of fused-ring (bicyclic) bond motifs is 2. The molecule has 1 aromatic heterocycles. The zero-order valence-electron chi connectivity index (χ0n) is 19.7. The maximum Gasteiger partial charge on any atom is 0.252 e. The molecule has 0 saturated carbocycles. The number of nitrogens with one attached hydrogen (secondary N) is 1. The van der Waals surface area contributed by atoms with Crippen LogP contribution in [0, 0.1) is 6.92 Å². The van der Waals surface area contributed by atoms with Crippen LogP contribution in [0.5, 0.6) is 11.5 Å². The Balaban J connectivity index is 1.51. The Morgan fingerprint density at radius 2 is 1.69 bits per heavy atom. The second kappa shape index (κ2) is 10.1. The molecule has 0 fully saturated rings. The molecule has 186 valence electrons. The number of hydrogen-bond donors (Lipinski definition) is 1. The molecule has 7 nitrogen and oxygen atoms in total. The Bertz CT molecular complexity index is 1580. The number of aromatic amines is 1. The molecule has 0 unspecified atom stereocenters. The third kappa shape index (κ3) is 5.18. The van der Waals surface area contributed by atoms with E-state index in [0.717, 1.165) is 21.0 Å². The molecule has 1 aliphatic heterocycles. The minimum Gasteiger partial charge on any atom is -0.486 e. The number of H-pyrrole nitrogens is 1. The first-order valence-corrected chi connectivity index (χ1v) is 13.8.